The summed E-state index contributed by atoms with van der Waals surface area (Å²) in [6.07, 6.45) is -4.41. The minimum Gasteiger partial charge on any atom is -0.375 e. The maximum Gasteiger partial charge on any atom is 0.405 e. The average Bonchev–Trinajstić information content (AvgIpc) is 2.44. The van der Waals surface area contributed by atoms with Crippen LogP contribution in [0.15, 0.2) is 51.8 Å². The van der Waals surface area contributed by atoms with Gasteiger partial charge in [0.1, 0.15) is 11.4 Å². The summed E-state index contributed by atoms with van der Waals surface area (Å²) in [4.78, 5) is -0.00118. The van der Waals surface area contributed by atoms with Crippen LogP contribution in [0.4, 0.5) is 24.5 Å². The summed E-state index contributed by atoms with van der Waals surface area (Å²) in [5.41, 5.74) is 0.948. The number of para-hydroxylation sites is 2. The van der Waals surface area contributed by atoms with E-state index in [-0.39, 0.29) is 16.3 Å². The zero-order chi connectivity index (χ0) is 18.0. The number of rotatable bonds is 5. The Morgan fingerprint density at radius 3 is 2.29 bits per heavy atom. The Kier molecular flexibility index (Phi) is 5.44. The fraction of sp³-hybridized carbons (Fsp3) is 0.200. The van der Waals surface area contributed by atoms with Crippen molar-refractivity contribution in [2.75, 3.05) is 16.6 Å². The van der Waals surface area contributed by atoms with Crippen LogP contribution in [0.5, 0.6) is 0 Å². The van der Waals surface area contributed by atoms with Crippen molar-refractivity contribution in [2.45, 2.75) is 18.0 Å². The second-order valence-electron chi connectivity index (χ2n) is 5.05. The molecule has 0 unspecified atom stereocenters. The van der Waals surface area contributed by atoms with Gasteiger partial charge in [0.05, 0.1) is 11.4 Å². The quantitative estimate of drug-likeness (QED) is 0.743. The van der Waals surface area contributed by atoms with Crippen LogP contribution in [0.2, 0.25) is 0 Å². The maximum absolute atomic E-state index is 12.5. The number of sulfonamides is 1. The minimum absolute atomic E-state index is 0.00118. The SMILES string of the molecule is Cc1ccc(S(=O)(=O)Nc2ccccc2NCC(F)(F)F)c(Br)c1. The molecule has 130 valence electrons. The fourth-order valence-corrected chi connectivity index (χ4v) is 4.22. The summed E-state index contributed by atoms with van der Waals surface area (Å²) < 4.78 is 64.8. The zero-order valence-electron chi connectivity index (χ0n) is 12.5. The molecule has 0 atom stereocenters. The molecular weight excluding hydrogens is 409 g/mol. The second-order valence-corrected chi connectivity index (χ2v) is 7.56. The first-order valence-electron chi connectivity index (χ1n) is 6.77. The van der Waals surface area contributed by atoms with Crippen molar-refractivity contribution in [3.63, 3.8) is 0 Å². The predicted octanol–water partition coefficient (Wildman–Crippen LogP) is 4.53. The number of halogens is 4. The van der Waals surface area contributed by atoms with Crippen molar-refractivity contribution in [3.05, 3.63) is 52.5 Å². The third-order valence-electron chi connectivity index (χ3n) is 3.03. The summed E-state index contributed by atoms with van der Waals surface area (Å²) in [5, 5.41) is 2.19. The molecule has 0 saturated heterocycles. The van der Waals surface area contributed by atoms with Crippen LogP contribution in [-0.4, -0.2) is 21.1 Å². The van der Waals surface area contributed by atoms with E-state index in [1.165, 1.54) is 30.3 Å². The number of hydrogen-bond acceptors (Lipinski definition) is 3. The van der Waals surface area contributed by atoms with E-state index < -0.39 is 22.7 Å². The van der Waals surface area contributed by atoms with Gasteiger partial charge >= 0.3 is 6.18 Å². The predicted molar refractivity (Wildman–Crippen MR) is 90.7 cm³/mol. The topological polar surface area (TPSA) is 58.2 Å². The Labute approximate surface area is 146 Å². The van der Waals surface area contributed by atoms with E-state index in [2.05, 4.69) is 26.0 Å². The number of anilines is 2. The largest absolute Gasteiger partial charge is 0.405 e. The van der Waals surface area contributed by atoms with E-state index in [0.29, 0.717) is 4.47 Å². The van der Waals surface area contributed by atoms with Crippen LogP contribution in [-0.2, 0) is 10.0 Å². The Morgan fingerprint density at radius 1 is 1.08 bits per heavy atom. The first-order valence-corrected chi connectivity index (χ1v) is 9.05. The highest BCUT2D eigenvalue weighted by Crippen LogP contribution is 2.29. The molecule has 0 heterocycles. The van der Waals surface area contributed by atoms with Gasteiger partial charge in [-0.15, -0.1) is 0 Å². The first-order chi connectivity index (χ1) is 11.1. The van der Waals surface area contributed by atoms with Gasteiger partial charge in [0.15, 0.2) is 0 Å². The molecule has 0 radical (unpaired) electrons. The molecule has 9 heteroatoms. The molecule has 24 heavy (non-hydrogen) atoms. The second kappa shape index (κ2) is 7.02. The van der Waals surface area contributed by atoms with E-state index in [4.69, 9.17) is 0 Å². The van der Waals surface area contributed by atoms with Crippen LogP contribution in [0.1, 0.15) is 5.56 Å². The zero-order valence-corrected chi connectivity index (χ0v) is 14.9. The van der Waals surface area contributed by atoms with Crippen LogP contribution in [0, 0.1) is 6.92 Å². The van der Waals surface area contributed by atoms with Crippen LogP contribution >= 0.6 is 15.9 Å². The molecule has 2 aromatic carbocycles. The number of nitrogens with one attached hydrogen (secondary N) is 2. The number of aryl methyl sites for hydroxylation is 1. The van der Waals surface area contributed by atoms with Gasteiger partial charge < -0.3 is 5.32 Å². The van der Waals surface area contributed by atoms with Gasteiger partial charge in [0.2, 0.25) is 0 Å². The van der Waals surface area contributed by atoms with Crippen LogP contribution in [0.25, 0.3) is 0 Å². The van der Waals surface area contributed by atoms with Gasteiger partial charge in [-0.3, -0.25) is 4.72 Å². The molecule has 0 amide bonds. The normalized spacial score (nSPS) is 12.0. The number of benzene rings is 2. The van der Waals surface area contributed by atoms with Crippen LogP contribution < -0.4 is 10.0 Å². The van der Waals surface area contributed by atoms with Crippen molar-refractivity contribution >= 4 is 37.3 Å². The Morgan fingerprint density at radius 2 is 1.71 bits per heavy atom. The van der Waals surface area contributed by atoms with Crippen molar-refractivity contribution in [2.24, 2.45) is 0 Å². The summed E-state index contributed by atoms with van der Waals surface area (Å²) >= 11 is 3.19. The van der Waals surface area contributed by atoms with Crippen molar-refractivity contribution in [3.8, 4) is 0 Å². The summed E-state index contributed by atoms with van der Waals surface area (Å²) in [7, 11) is -3.96. The lowest BCUT2D eigenvalue weighted by atomic mass is 10.2. The van der Waals surface area contributed by atoms with Crippen molar-refractivity contribution < 1.29 is 21.6 Å². The van der Waals surface area contributed by atoms with Gasteiger partial charge in [-0.25, -0.2) is 8.42 Å². The summed E-state index contributed by atoms with van der Waals surface area (Å²) in [6.45, 7) is 0.547. The lowest BCUT2D eigenvalue weighted by molar-refractivity contribution is -0.115. The van der Waals surface area contributed by atoms with Gasteiger partial charge in [0, 0.05) is 4.47 Å². The highest BCUT2D eigenvalue weighted by molar-refractivity contribution is 9.10. The van der Waals surface area contributed by atoms with Crippen molar-refractivity contribution in [1.29, 1.82) is 0 Å². The van der Waals surface area contributed by atoms with Crippen molar-refractivity contribution in [1.82, 2.24) is 0 Å². The lowest BCUT2D eigenvalue weighted by Crippen LogP contribution is -2.22. The molecule has 2 aromatic rings. The molecule has 0 aromatic heterocycles. The minimum atomic E-state index is -4.41. The molecule has 4 nitrogen and oxygen atoms in total. The molecule has 0 spiro atoms. The smallest absolute Gasteiger partial charge is 0.375 e. The Balaban J connectivity index is 2.30. The van der Waals surface area contributed by atoms with Crippen LogP contribution in [0.3, 0.4) is 0 Å². The molecule has 2 N–H and O–H groups in total. The molecule has 0 aliphatic rings. The number of hydrogen-bond donors (Lipinski definition) is 2. The fourth-order valence-electron chi connectivity index (χ4n) is 1.95. The molecule has 0 aliphatic carbocycles. The van der Waals surface area contributed by atoms with E-state index in [0.717, 1.165) is 5.56 Å². The number of alkyl halides is 3. The molecule has 0 bridgehead atoms. The monoisotopic (exact) mass is 422 g/mol. The maximum atomic E-state index is 12.5. The summed E-state index contributed by atoms with van der Waals surface area (Å²) in [5.74, 6) is 0. The lowest BCUT2D eigenvalue weighted by Gasteiger charge is -2.16. The highest BCUT2D eigenvalue weighted by Gasteiger charge is 2.27. The molecule has 2 rings (SSSR count). The first kappa shape index (κ1) is 18.6. The van der Waals surface area contributed by atoms with Gasteiger partial charge in [-0.1, -0.05) is 18.2 Å². The van der Waals surface area contributed by atoms with E-state index in [1.807, 2.05) is 6.92 Å². The van der Waals surface area contributed by atoms with Gasteiger partial charge in [0.25, 0.3) is 10.0 Å². The highest BCUT2D eigenvalue weighted by atomic mass is 79.9. The van der Waals surface area contributed by atoms with E-state index in [9.17, 15) is 21.6 Å². The van der Waals surface area contributed by atoms with Gasteiger partial charge in [-0.2, -0.15) is 13.2 Å². The third-order valence-corrected chi connectivity index (χ3v) is 5.37. The third kappa shape index (κ3) is 4.88. The molecule has 0 fully saturated rings. The Bertz CT molecular complexity index is 839. The van der Waals surface area contributed by atoms with E-state index in [1.54, 1.807) is 12.1 Å². The Hall–Kier alpha value is -1.74. The molecular formula is C15H14BrF3N2O2S. The summed E-state index contributed by atoms with van der Waals surface area (Å²) in [6, 6.07) is 10.5. The average molecular weight is 423 g/mol. The molecule has 0 aliphatic heterocycles. The molecule has 0 saturated carbocycles. The van der Waals surface area contributed by atoms with E-state index >= 15 is 0 Å². The standard InChI is InChI=1S/C15H14BrF3N2O2S/c1-10-6-7-14(11(16)8-10)24(22,23)21-13-5-3-2-4-12(13)20-9-15(17,18)19/h2-8,20-21H,9H2,1H3. The van der Waals surface area contributed by atoms with Gasteiger partial charge in [-0.05, 0) is 52.7 Å².